The highest BCUT2D eigenvalue weighted by atomic mass is 16.4. The van der Waals surface area contributed by atoms with E-state index >= 15 is 0 Å². The second kappa shape index (κ2) is 6.97. The summed E-state index contributed by atoms with van der Waals surface area (Å²) in [6.45, 7) is 6.68. The van der Waals surface area contributed by atoms with Gasteiger partial charge in [-0.1, -0.05) is 37.6 Å². The molecule has 25 heavy (non-hydrogen) atoms. The van der Waals surface area contributed by atoms with Crippen LogP contribution in [0.5, 0.6) is 0 Å². The second-order valence-corrected chi connectivity index (χ2v) is 6.30. The van der Waals surface area contributed by atoms with Crippen LogP contribution >= 0.6 is 0 Å². The molecule has 0 aliphatic heterocycles. The topological polar surface area (TPSA) is 66.6 Å². The van der Waals surface area contributed by atoms with Crippen LogP contribution in [0.1, 0.15) is 46.2 Å². The van der Waals surface area contributed by atoms with E-state index in [2.05, 4.69) is 35.4 Å². The van der Waals surface area contributed by atoms with E-state index in [1.165, 1.54) is 11.1 Å². The highest BCUT2D eigenvalue weighted by Crippen LogP contribution is 2.23. The number of carboxylic acids is 1. The van der Waals surface area contributed by atoms with E-state index in [1.54, 1.807) is 12.3 Å². The maximum atomic E-state index is 11.5. The number of imidazole rings is 1. The van der Waals surface area contributed by atoms with Gasteiger partial charge in [0.05, 0.1) is 16.9 Å². The molecule has 5 nitrogen and oxygen atoms in total. The minimum absolute atomic E-state index is 0.248. The first-order valence-corrected chi connectivity index (χ1v) is 8.54. The molecule has 1 aromatic carbocycles. The molecule has 0 saturated heterocycles. The molecule has 2 heterocycles. The normalized spacial score (nSPS) is 11.0. The molecule has 3 aromatic rings. The maximum absolute atomic E-state index is 11.5. The summed E-state index contributed by atoms with van der Waals surface area (Å²) >= 11 is 0. The van der Waals surface area contributed by atoms with Gasteiger partial charge in [-0.25, -0.2) is 9.78 Å². The Hall–Kier alpha value is -2.82. The maximum Gasteiger partial charge on any atom is 0.337 e. The molecule has 0 bridgehead atoms. The zero-order valence-corrected chi connectivity index (χ0v) is 14.8. The van der Waals surface area contributed by atoms with Gasteiger partial charge in [0.15, 0.2) is 5.65 Å². The summed E-state index contributed by atoms with van der Waals surface area (Å²) in [7, 11) is 0. The summed E-state index contributed by atoms with van der Waals surface area (Å²) in [5, 5.41) is 12.8. The van der Waals surface area contributed by atoms with Gasteiger partial charge in [-0.05, 0) is 37.5 Å². The molecular weight excluding hydrogens is 314 g/mol. The van der Waals surface area contributed by atoms with Gasteiger partial charge in [0.1, 0.15) is 0 Å². The van der Waals surface area contributed by atoms with Crippen molar-refractivity contribution >= 4 is 17.3 Å². The number of anilines is 1. The van der Waals surface area contributed by atoms with Gasteiger partial charge in [-0.2, -0.15) is 0 Å². The van der Waals surface area contributed by atoms with E-state index in [9.17, 15) is 9.90 Å². The lowest BCUT2D eigenvalue weighted by molar-refractivity contribution is 0.0696. The van der Waals surface area contributed by atoms with Crippen LogP contribution in [0, 0.1) is 13.8 Å². The van der Waals surface area contributed by atoms with Crippen LogP contribution in [0.4, 0.5) is 5.69 Å². The first-order chi connectivity index (χ1) is 12.0. The molecule has 3 rings (SSSR count). The van der Waals surface area contributed by atoms with Gasteiger partial charge in [0, 0.05) is 18.4 Å². The number of carbonyl (C=O) groups is 1. The molecule has 0 amide bonds. The highest BCUT2D eigenvalue weighted by molar-refractivity contribution is 5.90. The number of pyridine rings is 1. The third-order valence-electron chi connectivity index (χ3n) is 4.55. The van der Waals surface area contributed by atoms with E-state index in [0.29, 0.717) is 6.54 Å². The molecule has 0 spiro atoms. The van der Waals surface area contributed by atoms with E-state index in [0.717, 1.165) is 35.6 Å². The van der Waals surface area contributed by atoms with Crippen LogP contribution in [-0.2, 0) is 13.0 Å². The van der Waals surface area contributed by atoms with Gasteiger partial charge in [-0.15, -0.1) is 0 Å². The molecule has 0 radical (unpaired) electrons. The lowest BCUT2D eigenvalue weighted by atomic mass is 10.0. The number of aromatic carboxylic acids is 1. The fourth-order valence-electron chi connectivity index (χ4n) is 3.05. The smallest absolute Gasteiger partial charge is 0.337 e. The number of nitrogens with zero attached hydrogens (tertiary/aromatic N) is 2. The van der Waals surface area contributed by atoms with Gasteiger partial charge in [0.2, 0.25) is 0 Å². The summed E-state index contributed by atoms with van der Waals surface area (Å²) in [5.41, 5.74) is 6.14. The van der Waals surface area contributed by atoms with E-state index in [4.69, 9.17) is 0 Å². The predicted octanol–water partition coefficient (Wildman–Crippen LogP) is 4.21. The quantitative estimate of drug-likeness (QED) is 0.707. The zero-order chi connectivity index (χ0) is 18.0. The summed E-state index contributed by atoms with van der Waals surface area (Å²) in [6.07, 6.45) is 3.75. The van der Waals surface area contributed by atoms with Gasteiger partial charge >= 0.3 is 5.97 Å². The van der Waals surface area contributed by atoms with Crippen molar-refractivity contribution < 1.29 is 9.90 Å². The molecule has 5 heteroatoms. The van der Waals surface area contributed by atoms with Crippen molar-refractivity contribution in [2.45, 2.75) is 40.2 Å². The van der Waals surface area contributed by atoms with Crippen LogP contribution < -0.4 is 5.32 Å². The number of aromatic nitrogens is 2. The number of hydrogen-bond acceptors (Lipinski definition) is 3. The summed E-state index contributed by atoms with van der Waals surface area (Å²) < 4.78 is 1.85. The molecule has 130 valence electrons. The van der Waals surface area contributed by atoms with Crippen molar-refractivity contribution in [3.05, 3.63) is 64.6 Å². The number of nitrogens with one attached hydrogen (secondary N) is 1. The monoisotopic (exact) mass is 337 g/mol. The van der Waals surface area contributed by atoms with Crippen LogP contribution in [0.25, 0.3) is 5.65 Å². The minimum atomic E-state index is -0.943. The van der Waals surface area contributed by atoms with Crippen LogP contribution in [-0.4, -0.2) is 20.5 Å². The van der Waals surface area contributed by atoms with Crippen LogP contribution in [0.2, 0.25) is 0 Å². The Balaban J connectivity index is 1.98. The summed E-state index contributed by atoms with van der Waals surface area (Å²) in [5.74, 6) is -0.943. The van der Waals surface area contributed by atoms with Crippen molar-refractivity contribution in [3.63, 3.8) is 0 Å². The standard InChI is InChI=1S/C20H23N3O2/c1-4-7-15-8-5-6-9-16(15)11-21-18-10-17(20(24)25)12-23-14(3)13(2)22-19(18)23/h5-6,8-10,12,21H,4,7,11H2,1-3H3,(H,24,25). The zero-order valence-electron chi connectivity index (χ0n) is 14.8. The number of benzene rings is 1. The molecular formula is C20H23N3O2. The number of carboxylic acid groups (broad SMARTS) is 1. The molecule has 0 aliphatic carbocycles. The molecule has 0 fully saturated rings. The SMILES string of the molecule is CCCc1ccccc1CNc1cc(C(=O)O)cn2c(C)c(C)nc12. The van der Waals surface area contributed by atoms with Crippen molar-refractivity contribution in [2.75, 3.05) is 5.32 Å². The van der Waals surface area contributed by atoms with Gasteiger partial charge in [-0.3, -0.25) is 0 Å². The largest absolute Gasteiger partial charge is 0.478 e. The number of aryl methyl sites for hydroxylation is 3. The first-order valence-electron chi connectivity index (χ1n) is 8.54. The fraction of sp³-hybridized carbons (Fsp3) is 0.300. The van der Waals surface area contributed by atoms with E-state index < -0.39 is 5.97 Å². The molecule has 0 unspecified atom stereocenters. The number of fused-ring (bicyclic) bond motifs is 1. The first kappa shape index (κ1) is 17.0. The molecule has 2 aromatic heterocycles. The van der Waals surface area contributed by atoms with E-state index in [-0.39, 0.29) is 5.56 Å². The van der Waals surface area contributed by atoms with Crippen molar-refractivity contribution in [2.24, 2.45) is 0 Å². The third-order valence-corrected chi connectivity index (χ3v) is 4.55. The van der Waals surface area contributed by atoms with Gasteiger partial charge < -0.3 is 14.8 Å². The highest BCUT2D eigenvalue weighted by Gasteiger charge is 2.14. The Morgan fingerprint density at radius 2 is 1.96 bits per heavy atom. The Kier molecular flexibility index (Phi) is 4.74. The molecule has 0 saturated carbocycles. The van der Waals surface area contributed by atoms with Crippen LogP contribution in [0.15, 0.2) is 36.5 Å². The minimum Gasteiger partial charge on any atom is -0.478 e. The lowest BCUT2D eigenvalue weighted by Gasteiger charge is -2.13. The van der Waals surface area contributed by atoms with Crippen LogP contribution in [0.3, 0.4) is 0 Å². The average Bonchev–Trinajstić information content (AvgIpc) is 2.89. The average molecular weight is 337 g/mol. The predicted molar refractivity (Wildman–Crippen MR) is 99.4 cm³/mol. The lowest BCUT2D eigenvalue weighted by Crippen LogP contribution is -2.07. The van der Waals surface area contributed by atoms with Crippen molar-refractivity contribution in [3.8, 4) is 0 Å². The number of rotatable bonds is 6. The summed E-state index contributed by atoms with van der Waals surface area (Å²) in [6, 6.07) is 10.0. The molecule has 2 N–H and O–H groups in total. The number of hydrogen-bond donors (Lipinski definition) is 2. The van der Waals surface area contributed by atoms with Crippen molar-refractivity contribution in [1.29, 1.82) is 0 Å². The van der Waals surface area contributed by atoms with E-state index in [1.807, 2.05) is 24.3 Å². The van der Waals surface area contributed by atoms with Gasteiger partial charge in [0.25, 0.3) is 0 Å². The fourth-order valence-corrected chi connectivity index (χ4v) is 3.05. The molecule has 0 atom stereocenters. The Morgan fingerprint density at radius 1 is 1.24 bits per heavy atom. The van der Waals surface area contributed by atoms with Crippen molar-refractivity contribution in [1.82, 2.24) is 9.38 Å². The summed E-state index contributed by atoms with van der Waals surface area (Å²) in [4.78, 5) is 16.1. The Labute approximate surface area is 147 Å². The Morgan fingerprint density at radius 3 is 2.64 bits per heavy atom. The Bertz CT molecular complexity index is 928. The third kappa shape index (κ3) is 3.36. The molecule has 0 aliphatic rings. The second-order valence-electron chi connectivity index (χ2n) is 6.30.